The second kappa shape index (κ2) is 4.74. The number of amides is 2. The topological polar surface area (TPSA) is 49.4 Å². The number of rotatable bonds is 3. The van der Waals surface area contributed by atoms with Gasteiger partial charge in [0.1, 0.15) is 11.1 Å². The molecule has 20 heavy (non-hydrogen) atoms. The molecule has 1 heterocycles. The van der Waals surface area contributed by atoms with Crippen molar-refractivity contribution in [1.82, 2.24) is 10.2 Å². The summed E-state index contributed by atoms with van der Waals surface area (Å²) in [5.74, 6) is 0.980. The van der Waals surface area contributed by atoms with Crippen LogP contribution < -0.4 is 5.32 Å². The predicted molar refractivity (Wildman–Crippen MR) is 77.1 cm³/mol. The van der Waals surface area contributed by atoms with Crippen LogP contribution >= 0.6 is 0 Å². The standard InChI is InChI=1S/C16H26N2O2/c1-15(2)14(20)18(11-8-12-6-7-12)16(13(19)17-15)9-4-3-5-10-16/h12H,3-11H2,1-2H3,(H,17,19). The molecule has 2 aliphatic carbocycles. The van der Waals surface area contributed by atoms with Crippen molar-refractivity contribution in [3.05, 3.63) is 0 Å². The molecule has 1 aliphatic heterocycles. The lowest BCUT2D eigenvalue weighted by molar-refractivity contribution is -0.164. The molecule has 2 amide bonds. The fraction of sp³-hybridized carbons (Fsp3) is 0.875. The second-order valence-electron chi connectivity index (χ2n) is 7.36. The third-order valence-electron chi connectivity index (χ3n) is 5.28. The zero-order valence-corrected chi connectivity index (χ0v) is 12.7. The molecule has 2 saturated carbocycles. The predicted octanol–water partition coefficient (Wildman–Crippen LogP) is 2.23. The summed E-state index contributed by atoms with van der Waals surface area (Å²) in [5, 5.41) is 2.97. The molecular weight excluding hydrogens is 252 g/mol. The highest BCUT2D eigenvalue weighted by atomic mass is 16.2. The molecule has 1 N–H and O–H groups in total. The third-order valence-corrected chi connectivity index (χ3v) is 5.28. The van der Waals surface area contributed by atoms with Gasteiger partial charge in [-0.15, -0.1) is 0 Å². The molecule has 0 aromatic heterocycles. The maximum Gasteiger partial charge on any atom is 0.248 e. The van der Waals surface area contributed by atoms with Crippen LogP contribution in [0.15, 0.2) is 0 Å². The fourth-order valence-corrected chi connectivity index (χ4v) is 3.78. The van der Waals surface area contributed by atoms with Gasteiger partial charge in [-0.3, -0.25) is 9.59 Å². The van der Waals surface area contributed by atoms with Gasteiger partial charge >= 0.3 is 0 Å². The zero-order valence-electron chi connectivity index (χ0n) is 12.7. The molecule has 0 radical (unpaired) electrons. The maximum absolute atomic E-state index is 12.8. The van der Waals surface area contributed by atoms with Crippen molar-refractivity contribution in [2.45, 2.75) is 76.3 Å². The highest BCUT2D eigenvalue weighted by molar-refractivity contribution is 6.01. The summed E-state index contributed by atoms with van der Waals surface area (Å²) in [5.41, 5.74) is -1.29. The van der Waals surface area contributed by atoms with E-state index in [9.17, 15) is 9.59 Å². The molecule has 3 aliphatic rings. The van der Waals surface area contributed by atoms with Crippen LogP contribution in [0.1, 0.15) is 65.2 Å². The van der Waals surface area contributed by atoms with Crippen molar-refractivity contribution in [2.24, 2.45) is 5.92 Å². The van der Waals surface area contributed by atoms with Gasteiger partial charge in [0.05, 0.1) is 0 Å². The van der Waals surface area contributed by atoms with Crippen LogP contribution in [0.2, 0.25) is 0 Å². The summed E-state index contributed by atoms with van der Waals surface area (Å²) in [6.45, 7) is 4.42. The first-order valence-corrected chi connectivity index (χ1v) is 8.10. The van der Waals surface area contributed by atoms with Crippen molar-refractivity contribution in [3.8, 4) is 0 Å². The van der Waals surface area contributed by atoms with Crippen LogP contribution in [-0.2, 0) is 9.59 Å². The van der Waals surface area contributed by atoms with Gasteiger partial charge in [-0.1, -0.05) is 32.1 Å². The van der Waals surface area contributed by atoms with Crippen molar-refractivity contribution in [3.63, 3.8) is 0 Å². The molecule has 4 heteroatoms. The van der Waals surface area contributed by atoms with Gasteiger partial charge in [0.2, 0.25) is 11.8 Å². The number of hydrogen-bond donors (Lipinski definition) is 1. The Kier molecular flexibility index (Phi) is 3.30. The van der Waals surface area contributed by atoms with Crippen LogP contribution in [0.25, 0.3) is 0 Å². The van der Waals surface area contributed by atoms with E-state index < -0.39 is 11.1 Å². The number of nitrogens with zero attached hydrogens (tertiary/aromatic N) is 1. The highest BCUT2D eigenvalue weighted by Gasteiger charge is 2.55. The Hall–Kier alpha value is -1.06. The monoisotopic (exact) mass is 278 g/mol. The lowest BCUT2D eigenvalue weighted by atomic mass is 9.75. The lowest BCUT2D eigenvalue weighted by Crippen LogP contribution is -2.74. The molecule has 112 valence electrons. The first kappa shape index (κ1) is 13.9. The maximum atomic E-state index is 12.8. The average molecular weight is 278 g/mol. The quantitative estimate of drug-likeness (QED) is 0.860. The van der Waals surface area contributed by atoms with Crippen molar-refractivity contribution in [2.75, 3.05) is 6.54 Å². The van der Waals surface area contributed by atoms with Gasteiger partial charge in [-0.25, -0.2) is 0 Å². The van der Waals surface area contributed by atoms with E-state index in [-0.39, 0.29) is 11.8 Å². The molecule has 0 bridgehead atoms. The molecular formula is C16H26N2O2. The minimum absolute atomic E-state index is 0.0811. The van der Waals surface area contributed by atoms with Crippen molar-refractivity contribution >= 4 is 11.8 Å². The fourth-order valence-electron chi connectivity index (χ4n) is 3.78. The number of carbonyl (C=O) groups excluding carboxylic acids is 2. The van der Waals surface area contributed by atoms with E-state index in [1.165, 1.54) is 19.3 Å². The first-order chi connectivity index (χ1) is 9.46. The molecule has 3 rings (SSSR count). The normalized spacial score (nSPS) is 28.6. The Bertz CT molecular complexity index is 420. The Morgan fingerprint density at radius 3 is 2.40 bits per heavy atom. The highest BCUT2D eigenvalue weighted by Crippen LogP contribution is 2.40. The van der Waals surface area contributed by atoms with E-state index in [2.05, 4.69) is 5.32 Å². The van der Waals surface area contributed by atoms with Crippen molar-refractivity contribution < 1.29 is 9.59 Å². The number of hydrogen-bond acceptors (Lipinski definition) is 2. The Balaban J connectivity index is 1.86. The summed E-state index contributed by atoms with van der Waals surface area (Å²) in [4.78, 5) is 27.5. The Labute approximate surface area is 121 Å². The summed E-state index contributed by atoms with van der Waals surface area (Å²) in [6, 6.07) is 0. The second-order valence-corrected chi connectivity index (χ2v) is 7.36. The summed E-state index contributed by atoms with van der Waals surface area (Å²) < 4.78 is 0. The molecule has 0 atom stereocenters. The number of piperazine rings is 1. The summed E-state index contributed by atoms with van der Waals surface area (Å²) in [6.07, 6.45) is 8.63. The number of nitrogens with one attached hydrogen (secondary N) is 1. The van der Waals surface area contributed by atoms with Gasteiger partial charge in [0, 0.05) is 6.54 Å². The molecule has 1 saturated heterocycles. The van der Waals surface area contributed by atoms with Gasteiger partial charge in [-0.05, 0) is 39.0 Å². The first-order valence-electron chi connectivity index (χ1n) is 8.10. The average Bonchev–Trinajstić information content (AvgIpc) is 3.22. The number of carbonyl (C=O) groups is 2. The van der Waals surface area contributed by atoms with Gasteiger partial charge in [-0.2, -0.15) is 0 Å². The van der Waals surface area contributed by atoms with E-state index in [1.54, 1.807) is 0 Å². The van der Waals surface area contributed by atoms with Crippen LogP contribution in [-0.4, -0.2) is 34.3 Å². The van der Waals surface area contributed by atoms with E-state index in [0.717, 1.165) is 44.6 Å². The largest absolute Gasteiger partial charge is 0.340 e. The smallest absolute Gasteiger partial charge is 0.248 e. The van der Waals surface area contributed by atoms with E-state index in [4.69, 9.17) is 0 Å². The van der Waals surface area contributed by atoms with E-state index in [0.29, 0.717) is 0 Å². The minimum atomic E-state index is -0.747. The lowest BCUT2D eigenvalue weighted by Gasteiger charge is -2.52. The van der Waals surface area contributed by atoms with E-state index in [1.807, 2.05) is 18.7 Å². The van der Waals surface area contributed by atoms with Gasteiger partial charge in [0.15, 0.2) is 0 Å². The van der Waals surface area contributed by atoms with Crippen LogP contribution in [0.4, 0.5) is 0 Å². The van der Waals surface area contributed by atoms with Gasteiger partial charge < -0.3 is 10.2 Å². The van der Waals surface area contributed by atoms with Gasteiger partial charge in [0.25, 0.3) is 0 Å². The Morgan fingerprint density at radius 2 is 1.80 bits per heavy atom. The SMILES string of the molecule is CC1(C)NC(=O)C2(CCCCC2)N(CCC2CC2)C1=O. The van der Waals surface area contributed by atoms with Crippen LogP contribution in [0, 0.1) is 5.92 Å². The molecule has 3 fully saturated rings. The molecule has 0 aromatic carbocycles. The molecule has 1 spiro atoms. The van der Waals surface area contributed by atoms with E-state index >= 15 is 0 Å². The summed E-state index contributed by atoms with van der Waals surface area (Å²) >= 11 is 0. The third kappa shape index (κ3) is 2.23. The van der Waals surface area contributed by atoms with Crippen LogP contribution in [0.3, 0.4) is 0 Å². The molecule has 0 unspecified atom stereocenters. The zero-order chi connectivity index (χ0) is 14.4. The van der Waals surface area contributed by atoms with Crippen molar-refractivity contribution in [1.29, 1.82) is 0 Å². The summed E-state index contributed by atoms with van der Waals surface area (Å²) in [7, 11) is 0. The van der Waals surface area contributed by atoms with Crippen LogP contribution in [0.5, 0.6) is 0 Å². The molecule has 4 nitrogen and oxygen atoms in total. The Morgan fingerprint density at radius 1 is 1.15 bits per heavy atom. The minimum Gasteiger partial charge on any atom is -0.340 e. The molecule has 0 aromatic rings.